The number of likely N-dealkylation sites (N-methyl/N-ethyl adjacent to an activating group) is 1. The Kier molecular flexibility index (Phi) is 7.79. The number of carboxylic acids is 1. The van der Waals surface area contributed by atoms with Crippen LogP contribution in [0.25, 0.3) is 0 Å². The lowest BCUT2D eigenvalue weighted by Gasteiger charge is -2.31. The zero-order valence-electron chi connectivity index (χ0n) is 12.6. The first-order valence-electron chi connectivity index (χ1n) is 6.61. The number of carboxylic acid groups (broad SMARTS) is 1. The van der Waals surface area contributed by atoms with Crippen molar-refractivity contribution in [2.75, 3.05) is 27.7 Å². The average Bonchev–Trinajstić information content (AvgIpc) is 2.26. The summed E-state index contributed by atoms with van der Waals surface area (Å²) in [7, 11) is 6.22. The number of rotatable bonds is 7. The van der Waals surface area contributed by atoms with E-state index in [-0.39, 0.29) is 30.9 Å². The Morgan fingerprint density at radius 2 is 1.80 bits per heavy atom. The quantitative estimate of drug-likeness (QED) is 0.628. The molecule has 20 heavy (non-hydrogen) atoms. The van der Waals surface area contributed by atoms with Crippen LogP contribution in [0.3, 0.4) is 0 Å². The molecule has 0 aliphatic heterocycles. The second-order valence-corrected chi connectivity index (χ2v) is 6.07. The van der Waals surface area contributed by atoms with Gasteiger partial charge in [-0.25, -0.2) is 0 Å². The molecule has 0 aliphatic carbocycles. The first-order chi connectivity index (χ1) is 8.78. The van der Waals surface area contributed by atoms with Crippen molar-refractivity contribution >= 4 is 5.97 Å². The molecule has 0 spiro atoms. The average molecular weight is 301 g/mol. The lowest BCUT2D eigenvalue weighted by molar-refractivity contribution is -0.871. The van der Waals surface area contributed by atoms with Crippen molar-refractivity contribution in [2.24, 2.45) is 0 Å². The SMILES string of the molecule is C[C@H](N[C@H](CC(=O)O)C[N+](C)(C)C)c1ccccc1.[Cl-]. The van der Waals surface area contributed by atoms with E-state index < -0.39 is 5.97 Å². The van der Waals surface area contributed by atoms with Crippen LogP contribution in [0.2, 0.25) is 0 Å². The number of nitrogens with zero attached hydrogens (tertiary/aromatic N) is 1. The van der Waals surface area contributed by atoms with Crippen LogP contribution in [-0.2, 0) is 4.79 Å². The van der Waals surface area contributed by atoms with Crippen LogP contribution in [0, 0.1) is 0 Å². The molecular weight excluding hydrogens is 276 g/mol. The van der Waals surface area contributed by atoms with Gasteiger partial charge >= 0.3 is 5.97 Å². The van der Waals surface area contributed by atoms with Crippen LogP contribution in [0.15, 0.2) is 30.3 Å². The van der Waals surface area contributed by atoms with Gasteiger partial charge < -0.3 is 27.3 Å². The van der Waals surface area contributed by atoms with Crippen molar-refractivity contribution in [3.63, 3.8) is 0 Å². The van der Waals surface area contributed by atoms with E-state index in [1.165, 1.54) is 5.56 Å². The van der Waals surface area contributed by atoms with Crippen molar-refractivity contribution in [2.45, 2.75) is 25.4 Å². The summed E-state index contributed by atoms with van der Waals surface area (Å²) in [6.45, 7) is 2.85. The van der Waals surface area contributed by atoms with Gasteiger partial charge in [-0.05, 0) is 12.5 Å². The molecule has 2 atom stereocenters. The van der Waals surface area contributed by atoms with E-state index in [4.69, 9.17) is 5.11 Å². The Morgan fingerprint density at radius 1 is 1.25 bits per heavy atom. The lowest BCUT2D eigenvalue weighted by Crippen LogP contribution is -3.00. The third-order valence-electron chi connectivity index (χ3n) is 2.97. The zero-order valence-corrected chi connectivity index (χ0v) is 13.4. The van der Waals surface area contributed by atoms with Gasteiger partial charge in [0.15, 0.2) is 0 Å². The molecule has 0 fully saturated rings. The molecule has 0 unspecified atom stereocenters. The molecule has 0 amide bonds. The smallest absolute Gasteiger partial charge is 0.305 e. The third-order valence-corrected chi connectivity index (χ3v) is 2.97. The Balaban J connectivity index is 0.00000361. The van der Waals surface area contributed by atoms with Crippen LogP contribution < -0.4 is 17.7 Å². The summed E-state index contributed by atoms with van der Waals surface area (Å²) in [6.07, 6.45) is 0.146. The highest BCUT2D eigenvalue weighted by molar-refractivity contribution is 5.67. The Hall–Kier alpha value is -1.10. The van der Waals surface area contributed by atoms with Gasteiger partial charge in [0, 0.05) is 6.04 Å². The maximum Gasteiger partial charge on any atom is 0.305 e. The molecule has 0 saturated carbocycles. The highest BCUT2D eigenvalue weighted by Crippen LogP contribution is 2.13. The Labute approximate surface area is 127 Å². The number of nitrogens with one attached hydrogen (secondary N) is 1. The zero-order chi connectivity index (χ0) is 14.5. The van der Waals surface area contributed by atoms with Gasteiger partial charge in [-0.1, -0.05) is 30.3 Å². The van der Waals surface area contributed by atoms with E-state index in [1.807, 2.05) is 18.2 Å². The molecule has 4 nitrogen and oxygen atoms in total. The van der Waals surface area contributed by atoms with Crippen LogP contribution in [0.1, 0.15) is 24.9 Å². The predicted molar refractivity (Wildman–Crippen MR) is 76.9 cm³/mol. The topological polar surface area (TPSA) is 49.3 Å². The molecule has 1 aromatic rings. The van der Waals surface area contributed by atoms with E-state index in [1.54, 1.807) is 0 Å². The fraction of sp³-hybridized carbons (Fsp3) is 0.533. The molecule has 5 heteroatoms. The predicted octanol–water partition coefficient (Wildman–Crippen LogP) is -1.11. The number of hydrogen-bond acceptors (Lipinski definition) is 2. The minimum atomic E-state index is -0.758. The standard InChI is InChI=1S/C15H24N2O2.ClH/c1-12(13-8-6-5-7-9-13)16-14(10-15(18)19)11-17(2,3)4;/h5-9,12,14,16H,10-11H2,1-4H3;1H/t12-,14+;/m0./s1. The maximum atomic E-state index is 11.0. The summed E-state index contributed by atoms with van der Waals surface area (Å²) in [6, 6.07) is 10.2. The van der Waals surface area contributed by atoms with E-state index in [0.717, 1.165) is 11.0 Å². The molecule has 1 aromatic carbocycles. The molecule has 0 saturated heterocycles. The van der Waals surface area contributed by atoms with Crippen LogP contribution in [0.5, 0.6) is 0 Å². The summed E-state index contributed by atoms with van der Waals surface area (Å²) >= 11 is 0. The molecule has 2 N–H and O–H groups in total. The summed E-state index contributed by atoms with van der Waals surface area (Å²) in [5.41, 5.74) is 1.18. The first-order valence-corrected chi connectivity index (χ1v) is 6.61. The number of hydrogen-bond donors (Lipinski definition) is 2. The number of halogens is 1. The molecule has 0 heterocycles. The van der Waals surface area contributed by atoms with E-state index in [0.29, 0.717) is 0 Å². The number of benzene rings is 1. The van der Waals surface area contributed by atoms with Gasteiger partial charge in [0.2, 0.25) is 0 Å². The van der Waals surface area contributed by atoms with Crippen LogP contribution in [-0.4, -0.2) is 49.3 Å². The normalized spacial score (nSPS) is 14.2. The van der Waals surface area contributed by atoms with Gasteiger partial charge in [0.1, 0.15) is 0 Å². The van der Waals surface area contributed by atoms with Gasteiger partial charge in [-0.15, -0.1) is 0 Å². The summed E-state index contributed by atoms with van der Waals surface area (Å²) in [5, 5.41) is 12.4. The maximum absolute atomic E-state index is 11.0. The van der Waals surface area contributed by atoms with Gasteiger partial charge in [-0.2, -0.15) is 0 Å². The fourth-order valence-electron chi connectivity index (χ4n) is 2.24. The highest BCUT2D eigenvalue weighted by Gasteiger charge is 2.22. The third kappa shape index (κ3) is 7.48. The minimum absolute atomic E-state index is 0. The molecule has 0 radical (unpaired) electrons. The van der Waals surface area contributed by atoms with Gasteiger partial charge in [-0.3, -0.25) is 4.79 Å². The minimum Gasteiger partial charge on any atom is -1.00 e. The van der Waals surface area contributed by atoms with Gasteiger partial charge in [0.05, 0.1) is 40.2 Å². The van der Waals surface area contributed by atoms with Crippen molar-refractivity contribution in [3.05, 3.63) is 35.9 Å². The Bertz CT molecular complexity index is 404. The van der Waals surface area contributed by atoms with Gasteiger partial charge in [0.25, 0.3) is 0 Å². The van der Waals surface area contributed by atoms with E-state index in [9.17, 15) is 4.79 Å². The lowest BCUT2D eigenvalue weighted by atomic mass is 10.1. The van der Waals surface area contributed by atoms with Crippen molar-refractivity contribution < 1.29 is 26.8 Å². The number of aliphatic carboxylic acids is 1. The number of quaternary nitrogens is 1. The molecule has 0 aliphatic rings. The molecule has 1 rings (SSSR count). The van der Waals surface area contributed by atoms with Crippen molar-refractivity contribution in [1.82, 2.24) is 5.32 Å². The first kappa shape index (κ1) is 18.9. The molecule has 0 aromatic heterocycles. The van der Waals surface area contributed by atoms with Crippen LogP contribution in [0.4, 0.5) is 0 Å². The molecular formula is C15H25ClN2O2. The number of carbonyl (C=O) groups is 1. The van der Waals surface area contributed by atoms with E-state index in [2.05, 4.69) is 45.5 Å². The van der Waals surface area contributed by atoms with Crippen LogP contribution >= 0.6 is 0 Å². The Morgan fingerprint density at radius 3 is 2.25 bits per heavy atom. The highest BCUT2D eigenvalue weighted by atomic mass is 35.5. The summed E-state index contributed by atoms with van der Waals surface area (Å²) in [5.74, 6) is -0.758. The monoisotopic (exact) mass is 300 g/mol. The second-order valence-electron chi connectivity index (χ2n) is 6.07. The van der Waals surface area contributed by atoms with Crippen molar-refractivity contribution in [3.8, 4) is 0 Å². The fourth-order valence-corrected chi connectivity index (χ4v) is 2.24. The van der Waals surface area contributed by atoms with Crippen molar-refractivity contribution in [1.29, 1.82) is 0 Å². The molecule has 0 bridgehead atoms. The molecule has 114 valence electrons. The largest absolute Gasteiger partial charge is 1.00 e. The van der Waals surface area contributed by atoms with E-state index >= 15 is 0 Å². The second kappa shape index (κ2) is 8.25. The summed E-state index contributed by atoms with van der Waals surface area (Å²) in [4.78, 5) is 11.0. The summed E-state index contributed by atoms with van der Waals surface area (Å²) < 4.78 is 0.743.